The summed E-state index contributed by atoms with van der Waals surface area (Å²) in [6, 6.07) is 2.98. The van der Waals surface area contributed by atoms with Gasteiger partial charge < -0.3 is 4.90 Å². The summed E-state index contributed by atoms with van der Waals surface area (Å²) in [5, 5.41) is 0. The molecule has 0 aliphatic carbocycles. The maximum absolute atomic E-state index is 2.76. The minimum atomic E-state index is -1.14. The molecule has 1 fully saturated rings. The Morgan fingerprint density at radius 2 is 1.59 bits per heavy atom. The van der Waals surface area contributed by atoms with E-state index in [1.165, 1.54) is 63.4 Å². The number of hydrogen-bond acceptors (Lipinski definition) is 1. The zero-order chi connectivity index (χ0) is 12.6. The molecule has 1 heterocycles. The molecule has 0 aromatic carbocycles. The van der Waals surface area contributed by atoms with Gasteiger partial charge in [0.1, 0.15) is 0 Å². The van der Waals surface area contributed by atoms with E-state index < -0.39 is 8.07 Å². The molecule has 0 atom stereocenters. The fraction of sp³-hybridized carbons (Fsp3) is 0.867. The van der Waals surface area contributed by atoms with Gasteiger partial charge in [0.2, 0.25) is 0 Å². The van der Waals surface area contributed by atoms with Crippen molar-refractivity contribution in [2.24, 2.45) is 0 Å². The zero-order valence-corrected chi connectivity index (χ0v) is 13.2. The second-order valence-corrected chi connectivity index (χ2v) is 10.1. The maximum atomic E-state index is 2.76. The van der Waals surface area contributed by atoms with Crippen molar-refractivity contribution in [3.05, 3.63) is 11.8 Å². The van der Waals surface area contributed by atoms with Crippen molar-refractivity contribution in [2.45, 2.75) is 65.0 Å². The smallest absolute Gasteiger partial charge is 0.0917 e. The maximum Gasteiger partial charge on any atom is 0.0917 e. The van der Waals surface area contributed by atoms with Crippen molar-refractivity contribution in [2.75, 3.05) is 19.3 Å². The van der Waals surface area contributed by atoms with E-state index in [0.717, 1.165) is 0 Å². The summed E-state index contributed by atoms with van der Waals surface area (Å²) in [7, 11) is -1.14. The molecule has 0 aromatic heterocycles. The third-order valence-corrected chi connectivity index (χ3v) is 9.11. The van der Waals surface area contributed by atoms with Crippen LogP contribution in [0.3, 0.4) is 0 Å². The molecule has 1 nitrogen and oxygen atoms in total. The number of nitrogens with zero attached hydrogens (tertiary/aromatic N) is 1. The lowest BCUT2D eigenvalue weighted by Crippen LogP contribution is -2.47. The first-order chi connectivity index (χ1) is 8.26. The number of rotatable bonds is 7. The van der Waals surface area contributed by atoms with Crippen molar-refractivity contribution >= 4 is 8.07 Å². The van der Waals surface area contributed by atoms with Crippen LogP contribution in [0.5, 0.6) is 0 Å². The average molecular weight is 254 g/mol. The van der Waals surface area contributed by atoms with Crippen LogP contribution < -0.4 is 0 Å². The molecular formula is C15H31NSi. The minimum absolute atomic E-state index is 1.14. The van der Waals surface area contributed by atoms with Crippen LogP contribution in [-0.2, 0) is 0 Å². The Morgan fingerprint density at radius 1 is 1.00 bits per heavy atom. The van der Waals surface area contributed by atoms with Gasteiger partial charge in [0.25, 0.3) is 0 Å². The summed E-state index contributed by atoms with van der Waals surface area (Å²) in [5.74, 6) is 0. The van der Waals surface area contributed by atoms with Crippen LogP contribution in [0.25, 0.3) is 0 Å². The lowest BCUT2D eigenvalue weighted by Gasteiger charge is -2.36. The van der Waals surface area contributed by atoms with E-state index in [1.54, 1.807) is 0 Å². The predicted molar refractivity (Wildman–Crippen MR) is 81.1 cm³/mol. The Labute approximate surface area is 109 Å². The van der Waals surface area contributed by atoms with Crippen LogP contribution in [0.1, 0.15) is 52.9 Å². The van der Waals surface area contributed by atoms with Gasteiger partial charge in [-0.2, -0.15) is 0 Å². The fourth-order valence-electron chi connectivity index (χ4n) is 3.41. The molecule has 1 saturated heterocycles. The highest BCUT2D eigenvalue weighted by Gasteiger charge is 2.30. The molecule has 0 bridgehead atoms. The van der Waals surface area contributed by atoms with Gasteiger partial charge >= 0.3 is 0 Å². The van der Waals surface area contributed by atoms with Crippen molar-refractivity contribution in [1.29, 1.82) is 0 Å². The largest absolute Gasteiger partial charge is 0.306 e. The van der Waals surface area contributed by atoms with Crippen LogP contribution in [0, 0.1) is 0 Å². The van der Waals surface area contributed by atoms with Gasteiger partial charge in [-0.15, -0.1) is 0 Å². The molecule has 0 N–H and O–H groups in total. The van der Waals surface area contributed by atoms with Gasteiger partial charge in [0, 0.05) is 0 Å². The topological polar surface area (TPSA) is 3.24 Å². The standard InChI is InChI=1S/C15H31NSi/c1-4-12-17(13-5-2,14-6-3)15-16-10-8-7-9-11-16/h4,12H,5-11,13-15H2,1-3H3. The van der Waals surface area contributed by atoms with Crippen molar-refractivity contribution in [3.63, 3.8) is 0 Å². The SMILES string of the molecule is CC=C[Si](CCC)(CCC)CN1CCCCC1. The van der Waals surface area contributed by atoms with Crippen LogP contribution in [0.15, 0.2) is 11.8 Å². The number of hydrogen-bond donors (Lipinski definition) is 0. The Hall–Kier alpha value is -0.0831. The van der Waals surface area contributed by atoms with E-state index in [4.69, 9.17) is 0 Å². The summed E-state index contributed by atoms with van der Waals surface area (Å²) in [6.45, 7) is 9.65. The highest BCUT2D eigenvalue weighted by atomic mass is 28.3. The van der Waals surface area contributed by atoms with Gasteiger partial charge in [-0.3, -0.25) is 0 Å². The molecule has 1 aliphatic rings. The normalized spacial score (nSPS) is 19.0. The fourth-order valence-corrected chi connectivity index (χ4v) is 8.33. The highest BCUT2D eigenvalue weighted by molar-refractivity contribution is 6.84. The Bertz CT molecular complexity index is 213. The average Bonchev–Trinajstić information content (AvgIpc) is 2.31. The molecule has 2 heteroatoms. The monoisotopic (exact) mass is 253 g/mol. The van der Waals surface area contributed by atoms with Crippen molar-refractivity contribution in [3.8, 4) is 0 Å². The van der Waals surface area contributed by atoms with Crippen LogP contribution in [0.4, 0.5) is 0 Å². The first kappa shape index (κ1) is 15.0. The molecule has 100 valence electrons. The molecule has 0 unspecified atom stereocenters. The van der Waals surface area contributed by atoms with Gasteiger partial charge in [-0.25, -0.2) is 0 Å². The summed E-state index contributed by atoms with van der Waals surface area (Å²) >= 11 is 0. The van der Waals surface area contributed by atoms with Crippen molar-refractivity contribution in [1.82, 2.24) is 4.90 Å². The molecule has 1 aliphatic heterocycles. The van der Waals surface area contributed by atoms with Gasteiger partial charge in [0.05, 0.1) is 8.07 Å². The van der Waals surface area contributed by atoms with E-state index >= 15 is 0 Å². The van der Waals surface area contributed by atoms with E-state index in [2.05, 4.69) is 37.4 Å². The van der Waals surface area contributed by atoms with Crippen LogP contribution >= 0.6 is 0 Å². The molecule has 0 aromatic rings. The first-order valence-corrected chi connectivity index (χ1v) is 10.3. The Morgan fingerprint density at radius 3 is 2.06 bits per heavy atom. The second-order valence-electron chi connectivity index (χ2n) is 5.70. The van der Waals surface area contributed by atoms with Gasteiger partial charge in [0.15, 0.2) is 0 Å². The van der Waals surface area contributed by atoms with E-state index in [0.29, 0.717) is 0 Å². The molecule has 0 amide bonds. The van der Waals surface area contributed by atoms with E-state index in [9.17, 15) is 0 Å². The number of piperidine rings is 1. The number of allylic oxidation sites excluding steroid dienone is 1. The molecule has 0 radical (unpaired) electrons. The predicted octanol–water partition coefficient (Wildman–Crippen LogP) is 4.40. The molecule has 0 saturated carbocycles. The Balaban J connectivity index is 2.64. The van der Waals surface area contributed by atoms with Gasteiger partial charge in [-0.1, -0.05) is 57.0 Å². The Kier molecular flexibility index (Phi) is 7.13. The molecule has 0 spiro atoms. The third kappa shape index (κ3) is 4.97. The highest BCUT2D eigenvalue weighted by Crippen LogP contribution is 2.24. The second kappa shape index (κ2) is 8.10. The minimum Gasteiger partial charge on any atom is -0.306 e. The lowest BCUT2D eigenvalue weighted by molar-refractivity contribution is 0.258. The third-order valence-electron chi connectivity index (χ3n) is 4.00. The quantitative estimate of drug-likeness (QED) is 0.608. The molecular weight excluding hydrogens is 222 g/mol. The molecule has 1 rings (SSSR count). The summed E-state index contributed by atoms with van der Waals surface area (Å²) in [5.41, 5.74) is 2.63. The molecule has 17 heavy (non-hydrogen) atoms. The summed E-state index contributed by atoms with van der Waals surface area (Å²) in [4.78, 5) is 2.76. The van der Waals surface area contributed by atoms with Crippen molar-refractivity contribution < 1.29 is 0 Å². The van der Waals surface area contributed by atoms with Gasteiger partial charge in [-0.05, 0) is 39.0 Å². The summed E-state index contributed by atoms with van der Waals surface area (Å²) < 4.78 is 0. The van der Waals surface area contributed by atoms with E-state index in [1.807, 2.05) is 0 Å². The van der Waals surface area contributed by atoms with Crippen LogP contribution in [-0.4, -0.2) is 32.2 Å². The van der Waals surface area contributed by atoms with Crippen LogP contribution in [0.2, 0.25) is 12.1 Å². The number of likely N-dealkylation sites (tertiary alicyclic amines) is 1. The lowest BCUT2D eigenvalue weighted by atomic mass is 10.1. The van der Waals surface area contributed by atoms with E-state index in [-0.39, 0.29) is 0 Å². The summed E-state index contributed by atoms with van der Waals surface area (Å²) in [6.07, 6.45) is 10.8. The first-order valence-electron chi connectivity index (χ1n) is 7.62. The zero-order valence-electron chi connectivity index (χ0n) is 12.2.